The second-order valence-corrected chi connectivity index (χ2v) is 7.90. The summed E-state index contributed by atoms with van der Waals surface area (Å²) < 4.78 is 0. The van der Waals surface area contributed by atoms with Crippen LogP contribution >= 0.6 is 0 Å². The molecule has 1 aliphatic heterocycles. The second-order valence-electron chi connectivity index (χ2n) is 7.90. The van der Waals surface area contributed by atoms with Crippen molar-refractivity contribution >= 4 is 6.03 Å². The molecule has 3 N–H and O–H groups in total. The molecule has 0 aromatic heterocycles. The fraction of sp³-hybridized carbons (Fsp3) is 0.650. The average Bonchev–Trinajstić information content (AvgIpc) is 3.19. The minimum absolute atomic E-state index is 0.0106. The summed E-state index contributed by atoms with van der Waals surface area (Å²) in [6.07, 6.45) is 4.77. The molecule has 1 saturated carbocycles. The lowest BCUT2D eigenvalue weighted by molar-refractivity contribution is 0.145. The molecule has 2 aliphatic rings. The van der Waals surface area contributed by atoms with Gasteiger partial charge in [-0.3, -0.25) is 4.90 Å². The first-order valence-corrected chi connectivity index (χ1v) is 9.54. The van der Waals surface area contributed by atoms with Gasteiger partial charge in [-0.1, -0.05) is 30.3 Å². The van der Waals surface area contributed by atoms with Crippen molar-refractivity contribution in [3.05, 3.63) is 35.9 Å². The van der Waals surface area contributed by atoms with E-state index >= 15 is 0 Å². The SMILES string of the molecule is C[C@]1(CNC(=O)NC[C@H]2CC[C@@H](O)C2)CCCN1Cc1ccccc1. The maximum absolute atomic E-state index is 12.1. The Kier molecular flexibility index (Phi) is 5.97. The highest BCUT2D eigenvalue weighted by atomic mass is 16.3. The molecule has 5 nitrogen and oxygen atoms in total. The van der Waals surface area contributed by atoms with Crippen molar-refractivity contribution in [2.45, 2.75) is 57.2 Å². The minimum atomic E-state index is -0.182. The highest BCUT2D eigenvalue weighted by Crippen LogP contribution is 2.30. The number of likely N-dealkylation sites (tertiary alicyclic amines) is 1. The van der Waals surface area contributed by atoms with Gasteiger partial charge in [-0.15, -0.1) is 0 Å². The van der Waals surface area contributed by atoms with E-state index in [9.17, 15) is 9.90 Å². The predicted molar refractivity (Wildman–Crippen MR) is 99.2 cm³/mol. The Hall–Kier alpha value is -1.59. The van der Waals surface area contributed by atoms with Crippen LogP contribution in [0.3, 0.4) is 0 Å². The first-order valence-electron chi connectivity index (χ1n) is 9.54. The number of urea groups is 1. The molecule has 0 unspecified atom stereocenters. The molecule has 138 valence electrons. The first kappa shape index (κ1) is 18.2. The Bertz CT molecular complexity index is 565. The molecule has 1 heterocycles. The predicted octanol–water partition coefficient (Wildman–Crippen LogP) is 2.50. The lowest BCUT2D eigenvalue weighted by Gasteiger charge is -2.35. The van der Waals surface area contributed by atoms with Gasteiger partial charge in [-0.2, -0.15) is 0 Å². The summed E-state index contributed by atoms with van der Waals surface area (Å²) in [6, 6.07) is 10.4. The van der Waals surface area contributed by atoms with Crippen LogP contribution in [0.15, 0.2) is 30.3 Å². The molecule has 2 amide bonds. The van der Waals surface area contributed by atoms with Crippen LogP contribution in [0.5, 0.6) is 0 Å². The molecule has 1 saturated heterocycles. The first-order chi connectivity index (χ1) is 12.0. The standard InChI is InChI=1S/C20H31N3O2/c1-20(10-5-11-23(20)14-16-6-3-2-4-7-16)15-22-19(25)21-13-17-8-9-18(24)12-17/h2-4,6-7,17-18,24H,5,8-15H2,1H3,(H2,21,22,25)/t17-,18+,20+/m0/s1. The fourth-order valence-corrected chi connectivity index (χ4v) is 4.16. The van der Waals surface area contributed by atoms with Gasteiger partial charge in [-0.05, 0) is 57.1 Å². The van der Waals surface area contributed by atoms with Crippen LogP contribution in [0, 0.1) is 5.92 Å². The fourth-order valence-electron chi connectivity index (χ4n) is 4.16. The van der Waals surface area contributed by atoms with Crippen molar-refractivity contribution in [3.8, 4) is 0 Å². The number of nitrogens with one attached hydrogen (secondary N) is 2. The molecule has 3 atom stereocenters. The van der Waals surface area contributed by atoms with E-state index in [0.29, 0.717) is 19.0 Å². The van der Waals surface area contributed by atoms with Crippen LogP contribution in [-0.2, 0) is 6.54 Å². The summed E-state index contributed by atoms with van der Waals surface area (Å²) in [5.41, 5.74) is 1.33. The number of rotatable bonds is 6. The Morgan fingerprint density at radius 2 is 2.08 bits per heavy atom. The third-order valence-electron chi connectivity index (χ3n) is 5.82. The minimum Gasteiger partial charge on any atom is -0.393 e. The summed E-state index contributed by atoms with van der Waals surface area (Å²) in [7, 11) is 0. The number of benzene rings is 1. The van der Waals surface area contributed by atoms with E-state index in [1.807, 2.05) is 6.07 Å². The van der Waals surface area contributed by atoms with Crippen LogP contribution in [0.4, 0.5) is 4.79 Å². The van der Waals surface area contributed by atoms with Gasteiger partial charge in [0.2, 0.25) is 0 Å². The largest absolute Gasteiger partial charge is 0.393 e. The zero-order valence-corrected chi connectivity index (χ0v) is 15.2. The van der Waals surface area contributed by atoms with Crippen molar-refractivity contribution < 1.29 is 9.90 Å². The Labute approximate surface area is 150 Å². The molecular formula is C20H31N3O2. The lowest BCUT2D eigenvalue weighted by Crippen LogP contribution is -2.51. The number of carbonyl (C=O) groups excluding carboxylic acids is 1. The van der Waals surface area contributed by atoms with E-state index in [0.717, 1.165) is 38.8 Å². The third-order valence-corrected chi connectivity index (χ3v) is 5.82. The smallest absolute Gasteiger partial charge is 0.314 e. The highest BCUT2D eigenvalue weighted by Gasteiger charge is 2.36. The number of carbonyl (C=O) groups is 1. The molecule has 1 aromatic carbocycles. The summed E-state index contributed by atoms with van der Waals surface area (Å²) in [6.45, 7) is 5.58. The number of aliphatic hydroxyl groups excluding tert-OH is 1. The Balaban J connectivity index is 1.44. The van der Waals surface area contributed by atoms with E-state index < -0.39 is 0 Å². The molecule has 25 heavy (non-hydrogen) atoms. The quantitative estimate of drug-likeness (QED) is 0.742. The molecule has 1 aromatic rings. The van der Waals surface area contributed by atoms with Crippen LogP contribution in [-0.4, -0.2) is 47.3 Å². The molecule has 0 spiro atoms. The molecule has 2 fully saturated rings. The van der Waals surface area contributed by atoms with E-state index in [1.54, 1.807) is 0 Å². The number of nitrogens with zero attached hydrogens (tertiary/aromatic N) is 1. The zero-order chi connectivity index (χ0) is 17.7. The topological polar surface area (TPSA) is 64.6 Å². The third kappa shape index (κ3) is 4.95. The van der Waals surface area contributed by atoms with E-state index in [2.05, 4.69) is 46.7 Å². The molecule has 0 bridgehead atoms. The summed E-state index contributed by atoms with van der Waals surface area (Å²) >= 11 is 0. The highest BCUT2D eigenvalue weighted by molar-refractivity contribution is 5.73. The van der Waals surface area contributed by atoms with Gasteiger partial charge in [0, 0.05) is 25.2 Å². The van der Waals surface area contributed by atoms with Crippen molar-refractivity contribution in [3.63, 3.8) is 0 Å². The molecule has 5 heteroatoms. The van der Waals surface area contributed by atoms with Gasteiger partial charge in [0.05, 0.1) is 6.10 Å². The zero-order valence-electron chi connectivity index (χ0n) is 15.2. The number of hydrogen-bond donors (Lipinski definition) is 3. The number of hydrogen-bond acceptors (Lipinski definition) is 3. The van der Waals surface area contributed by atoms with Crippen molar-refractivity contribution in [1.82, 2.24) is 15.5 Å². The van der Waals surface area contributed by atoms with E-state index in [1.165, 1.54) is 12.0 Å². The van der Waals surface area contributed by atoms with Gasteiger partial charge >= 0.3 is 6.03 Å². The van der Waals surface area contributed by atoms with E-state index in [4.69, 9.17) is 0 Å². The van der Waals surface area contributed by atoms with Gasteiger partial charge in [0.25, 0.3) is 0 Å². The average molecular weight is 345 g/mol. The van der Waals surface area contributed by atoms with Crippen molar-refractivity contribution in [1.29, 1.82) is 0 Å². The maximum Gasteiger partial charge on any atom is 0.314 e. The van der Waals surface area contributed by atoms with Crippen LogP contribution in [0.25, 0.3) is 0 Å². The Morgan fingerprint density at radius 1 is 1.28 bits per heavy atom. The molecule has 1 aliphatic carbocycles. The summed E-state index contributed by atoms with van der Waals surface area (Å²) in [5.74, 6) is 0.414. The molecule has 0 radical (unpaired) electrons. The van der Waals surface area contributed by atoms with Gasteiger partial charge in [-0.25, -0.2) is 4.79 Å². The van der Waals surface area contributed by atoms with Crippen LogP contribution in [0.1, 0.15) is 44.6 Å². The van der Waals surface area contributed by atoms with Crippen molar-refractivity contribution in [2.75, 3.05) is 19.6 Å². The summed E-state index contributed by atoms with van der Waals surface area (Å²) in [4.78, 5) is 14.6. The monoisotopic (exact) mass is 345 g/mol. The van der Waals surface area contributed by atoms with Gasteiger partial charge < -0.3 is 15.7 Å². The van der Waals surface area contributed by atoms with Crippen LogP contribution < -0.4 is 10.6 Å². The van der Waals surface area contributed by atoms with E-state index in [-0.39, 0.29) is 17.7 Å². The van der Waals surface area contributed by atoms with Crippen molar-refractivity contribution in [2.24, 2.45) is 5.92 Å². The summed E-state index contributed by atoms with van der Waals surface area (Å²) in [5, 5.41) is 15.6. The number of aliphatic hydroxyl groups is 1. The van der Waals surface area contributed by atoms with Crippen LogP contribution in [0.2, 0.25) is 0 Å². The maximum atomic E-state index is 12.1. The normalized spacial score (nSPS) is 29.7. The van der Waals surface area contributed by atoms with Gasteiger partial charge in [0.1, 0.15) is 0 Å². The Morgan fingerprint density at radius 3 is 2.80 bits per heavy atom. The second kappa shape index (κ2) is 8.19. The lowest BCUT2D eigenvalue weighted by atomic mass is 9.98. The molecular weight excluding hydrogens is 314 g/mol. The van der Waals surface area contributed by atoms with Gasteiger partial charge in [0.15, 0.2) is 0 Å². The number of amides is 2. The molecule has 3 rings (SSSR count).